The summed E-state index contributed by atoms with van der Waals surface area (Å²) >= 11 is 0. The molecule has 1 atom stereocenters. The van der Waals surface area contributed by atoms with E-state index in [1.807, 2.05) is 0 Å². The van der Waals surface area contributed by atoms with Crippen LogP contribution in [-0.4, -0.2) is 61.5 Å². The predicted octanol–water partition coefficient (Wildman–Crippen LogP) is 1.46. The van der Waals surface area contributed by atoms with E-state index in [4.69, 9.17) is 0 Å². The van der Waals surface area contributed by atoms with Gasteiger partial charge in [-0.25, -0.2) is 0 Å². The molecule has 4 heteroatoms. The van der Waals surface area contributed by atoms with Crippen LogP contribution in [0.2, 0.25) is 0 Å². The van der Waals surface area contributed by atoms with Crippen molar-refractivity contribution in [2.75, 3.05) is 39.8 Å². The molecule has 1 unspecified atom stereocenters. The summed E-state index contributed by atoms with van der Waals surface area (Å²) in [5.41, 5.74) is 0.306. The molecule has 3 saturated heterocycles. The largest absolute Gasteiger partial charge is 0.342 e. The maximum atomic E-state index is 12.3. The van der Waals surface area contributed by atoms with Crippen LogP contribution in [0.3, 0.4) is 0 Å². The zero-order chi connectivity index (χ0) is 14.0. The van der Waals surface area contributed by atoms with Crippen LogP contribution in [0.4, 0.5) is 0 Å². The van der Waals surface area contributed by atoms with Gasteiger partial charge >= 0.3 is 0 Å². The van der Waals surface area contributed by atoms with Crippen molar-refractivity contribution in [3.8, 4) is 0 Å². The molecule has 1 N–H and O–H groups in total. The maximum Gasteiger partial charge on any atom is 0.223 e. The molecule has 3 heterocycles. The van der Waals surface area contributed by atoms with Gasteiger partial charge in [0, 0.05) is 25.6 Å². The molecule has 0 aromatic carbocycles. The molecule has 1 spiro atoms. The highest BCUT2D eigenvalue weighted by Gasteiger charge is 2.43. The van der Waals surface area contributed by atoms with Crippen LogP contribution in [0, 0.1) is 5.41 Å². The van der Waals surface area contributed by atoms with Crippen LogP contribution in [0.25, 0.3) is 0 Å². The summed E-state index contributed by atoms with van der Waals surface area (Å²) in [6, 6.07) is 0.695. The van der Waals surface area contributed by atoms with Gasteiger partial charge in [-0.2, -0.15) is 0 Å². The van der Waals surface area contributed by atoms with E-state index in [0.29, 0.717) is 17.4 Å². The number of piperidine rings is 2. The average molecular weight is 279 g/mol. The topological polar surface area (TPSA) is 35.6 Å². The number of nitrogens with zero attached hydrogens (tertiary/aromatic N) is 2. The molecular formula is C16H29N3O. The van der Waals surface area contributed by atoms with Gasteiger partial charge in [0.2, 0.25) is 5.91 Å². The first-order valence-electron chi connectivity index (χ1n) is 8.37. The van der Waals surface area contributed by atoms with Crippen LogP contribution in [0.5, 0.6) is 0 Å². The van der Waals surface area contributed by atoms with Gasteiger partial charge in [0.15, 0.2) is 0 Å². The predicted molar refractivity (Wildman–Crippen MR) is 80.6 cm³/mol. The minimum absolute atomic E-state index is 0.306. The fourth-order valence-electron chi connectivity index (χ4n) is 4.29. The summed E-state index contributed by atoms with van der Waals surface area (Å²) in [7, 11) is 2.24. The molecular weight excluding hydrogens is 250 g/mol. The van der Waals surface area contributed by atoms with Crippen molar-refractivity contribution >= 4 is 5.91 Å². The number of rotatable bonds is 3. The fraction of sp³-hybridized carbons (Fsp3) is 0.938. The van der Waals surface area contributed by atoms with E-state index in [9.17, 15) is 4.79 Å². The molecule has 3 aliphatic heterocycles. The minimum Gasteiger partial charge on any atom is -0.342 e. The SMILES string of the molecule is CN1CCCCC1CCN1CC2(CCNCC2)CC1=O. The lowest BCUT2D eigenvalue weighted by Gasteiger charge is -2.35. The van der Waals surface area contributed by atoms with E-state index < -0.39 is 0 Å². The molecule has 0 radical (unpaired) electrons. The summed E-state index contributed by atoms with van der Waals surface area (Å²) in [4.78, 5) is 16.9. The summed E-state index contributed by atoms with van der Waals surface area (Å²) in [5.74, 6) is 0.408. The monoisotopic (exact) mass is 279 g/mol. The number of hydrogen-bond acceptors (Lipinski definition) is 3. The Morgan fingerprint density at radius 2 is 2.10 bits per heavy atom. The molecule has 0 bridgehead atoms. The van der Waals surface area contributed by atoms with Crippen molar-refractivity contribution < 1.29 is 4.79 Å². The lowest BCUT2D eigenvalue weighted by atomic mass is 9.78. The van der Waals surface area contributed by atoms with Gasteiger partial charge < -0.3 is 15.1 Å². The molecule has 4 nitrogen and oxygen atoms in total. The molecule has 0 saturated carbocycles. The molecule has 3 fully saturated rings. The molecule has 0 aromatic heterocycles. The first-order valence-corrected chi connectivity index (χ1v) is 8.37. The zero-order valence-electron chi connectivity index (χ0n) is 12.9. The first kappa shape index (κ1) is 14.3. The fourth-order valence-corrected chi connectivity index (χ4v) is 4.29. The Morgan fingerprint density at radius 3 is 2.85 bits per heavy atom. The summed E-state index contributed by atoms with van der Waals surface area (Å²) in [6.07, 6.45) is 8.33. The lowest BCUT2D eigenvalue weighted by Crippen LogP contribution is -2.41. The van der Waals surface area contributed by atoms with Crippen LogP contribution in [0.1, 0.15) is 44.9 Å². The summed E-state index contributed by atoms with van der Waals surface area (Å²) in [5, 5.41) is 3.42. The van der Waals surface area contributed by atoms with Gasteiger partial charge in [0.1, 0.15) is 0 Å². The van der Waals surface area contributed by atoms with E-state index in [-0.39, 0.29) is 0 Å². The van der Waals surface area contributed by atoms with Gasteiger partial charge in [0.25, 0.3) is 0 Å². The maximum absolute atomic E-state index is 12.3. The quantitative estimate of drug-likeness (QED) is 0.849. The number of amides is 1. The Balaban J connectivity index is 1.51. The normalized spacial score (nSPS) is 31.1. The van der Waals surface area contributed by atoms with Gasteiger partial charge in [0.05, 0.1) is 0 Å². The van der Waals surface area contributed by atoms with Crippen molar-refractivity contribution in [1.82, 2.24) is 15.1 Å². The first-order chi connectivity index (χ1) is 9.69. The van der Waals surface area contributed by atoms with Crippen LogP contribution >= 0.6 is 0 Å². The highest BCUT2D eigenvalue weighted by Crippen LogP contribution is 2.39. The van der Waals surface area contributed by atoms with Crippen molar-refractivity contribution in [2.24, 2.45) is 5.41 Å². The van der Waals surface area contributed by atoms with Crippen LogP contribution in [0.15, 0.2) is 0 Å². The summed E-state index contributed by atoms with van der Waals surface area (Å²) in [6.45, 7) is 5.40. The Bertz CT molecular complexity index is 352. The molecule has 0 aliphatic carbocycles. The van der Waals surface area contributed by atoms with Gasteiger partial charge in [-0.15, -0.1) is 0 Å². The number of carbonyl (C=O) groups is 1. The lowest BCUT2D eigenvalue weighted by molar-refractivity contribution is -0.128. The van der Waals surface area contributed by atoms with E-state index in [0.717, 1.165) is 39.0 Å². The Kier molecular flexibility index (Phi) is 4.32. The Labute approximate surface area is 122 Å². The number of likely N-dealkylation sites (tertiary alicyclic amines) is 2. The third-order valence-corrected chi connectivity index (χ3v) is 5.72. The Hall–Kier alpha value is -0.610. The van der Waals surface area contributed by atoms with Crippen molar-refractivity contribution in [1.29, 1.82) is 0 Å². The van der Waals surface area contributed by atoms with E-state index >= 15 is 0 Å². The number of nitrogens with one attached hydrogen (secondary N) is 1. The van der Waals surface area contributed by atoms with E-state index in [1.54, 1.807) is 0 Å². The molecule has 114 valence electrons. The average Bonchev–Trinajstić information content (AvgIpc) is 2.74. The number of carbonyl (C=O) groups excluding carboxylic acids is 1. The third kappa shape index (κ3) is 3.01. The minimum atomic E-state index is 0.306. The number of hydrogen-bond donors (Lipinski definition) is 1. The molecule has 3 rings (SSSR count). The van der Waals surface area contributed by atoms with Gasteiger partial charge in [-0.05, 0) is 64.2 Å². The molecule has 1 amide bonds. The third-order valence-electron chi connectivity index (χ3n) is 5.72. The molecule has 3 aliphatic rings. The smallest absolute Gasteiger partial charge is 0.223 e. The highest BCUT2D eigenvalue weighted by molar-refractivity contribution is 5.79. The van der Waals surface area contributed by atoms with E-state index in [2.05, 4.69) is 22.2 Å². The molecule has 0 aromatic rings. The van der Waals surface area contributed by atoms with Gasteiger partial charge in [-0.1, -0.05) is 6.42 Å². The van der Waals surface area contributed by atoms with Gasteiger partial charge in [-0.3, -0.25) is 4.79 Å². The van der Waals surface area contributed by atoms with Crippen LogP contribution < -0.4 is 5.32 Å². The standard InChI is InChI=1S/C16H29N3O/c1-18-10-3-2-4-14(18)5-11-19-13-16(12-15(19)20)6-8-17-9-7-16/h14,17H,2-13H2,1H3. The Morgan fingerprint density at radius 1 is 1.30 bits per heavy atom. The second-order valence-corrected chi connectivity index (χ2v) is 7.16. The molecule has 20 heavy (non-hydrogen) atoms. The van der Waals surface area contributed by atoms with E-state index in [1.165, 1.54) is 38.6 Å². The van der Waals surface area contributed by atoms with Crippen molar-refractivity contribution in [2.45, 2.75) is 51.0 Å². The van der Waals surface area contributed by atoms with Crippen molar-refractivity contribution in [3.05, 3.63) is 0 Å². The second kappa shape index (κ2) is 6.02. The van der Waals surface area contributed by atoms with Crippen LogP contribution in [-0.2, 0) is 4.79 Å². The highest BCUT2D eigenvalue weighted by atomic mass is 16.2. The summed E-state index contributed by atoms with van der Waals surface area (Å²) < 4.78 is 0. The second-order valence-electron chi connectivity index (χ2n) is 7.16. The van der Waals surface area contributed by atoms with Crippen molar-refractivity contribution in [3.63, 3.8) is 0 Å². The zero-order valence-corrected chi connectivity index (χ0v) is 12.9.